The highest BCUT2D eigenvalue weighted by molar-refractivity contribution is 7.10. The van der Waals surface area contributed by atoms with Gasteiger partial charge in [0, 0.05) is 13.1 Å². The molecule has 1 aromatic heterocycles. The first kappa shape index (κ1) is 10.5. The number of ether oxygens (including phenoxy) is 1. The van der Waals surface area contributed by atoms with E-state index in [0.717, 1.165) is 12.3 Å². The van der Waals surface area contributed by atoms with Gasteiger partial charge in [-0.1, -0.05) is 0 Å². The average molecular weight is 201 g/mol. The summed E-state index contributed by atoms with van der Waals surface area (Å²) in [6.07, 6.45) is -0.300. The van der Waals surface area contributed by atoms with Crippen LogP contribution in [0.1, 0.15) is 11.8 Å². The molecule has 1 heterocycles. The minimum Gasteiger partial charge on any atom is -0.496 e. The average Bonchev–Trinajstić information content (AvgIpc) is 2.51. The van der Waals surface area contributed by atoms with Crippen LogP contribution in [-0.4, -0.2) is 24.9 Å². The van der Waals surface area contributed by atoms with E-state index in [1.807, 2.05) is 11.4 Å². The minimum absolute atomic E-state index is 0.300. The molecule has 0 aliphatic rings. The third-order valence-electron chi connectivity index (χ3n) is 1.65. The van der Waals surface area contributed by atoms with E-state index >= 15 is 0 Å². The maximum atomic E-state index is 9.02. The van der Waals surface area contributed by atoms with E-state index in [2.05, 4.69) is 5.32 Å². The summed E-state index contributed by atoms with van der Waals surface area (Å²) in [5.74, 6) is 0.920. The lowest BCUT2D eigenvalue weighted by Crippen LogP contribution is -2.23. The molecule has 0 fully saturated rings. The molecule has 1 aromatic rings. The van der Waals surface area contributed by atoms with Gasteiger partial charge in [0.25, 0.3) is 0 Å². The van der Waals surface area contributed by atoms with Crippen LogP contribution in [0.15, 0.2) is 11.4 Å². The SMILES string of the molecule is COc1ccsc1CNC[C@H](C)O. The smallest absolute Gasteiger partial charge is 0.134 e. The van der Waals surface area contributed by atoms with Crippen LogP contribution < -0.4 is 10.1 Å². The summed E-state index contributed by atoms with van der Waals surface area (Å²) >= 11 is 1.66. The molecule has 13 heavy (non-hydrogen) atoms. The fourth-order valence-corrected chi connectivity index (χ4v) is 1.84. The van der Waals surface area contributed by atoms with Crippen molar-refractivity contribution in [3.63, 3.8) is 0 Å². The van der Waals surface area contributed by atoms with Crippen molar-refractivity contribution in [2.45, 2.75) is 19.6 Å². The third kappa shape index (κ3) is 3.34. The Morgan fingerprint density at radius 3 is 3.08 bits per heavy atom. The van der Waals surface area contributed by atoms with Crippen molar-refractivity contribution < 1.29 is 9.84 Å². The molecule has 3 nitrogen and oxygen atoms in total. The van der Waals surface area contributed by atoms with Crippen LogP contribution in [0.4, 0.5) is 0 Å². The maximum Gasteiger partial charge on any atom is 0.134 e. The zero-order chi connectivity index (χ0) is 9.68. The molecule has 0 aromatic carbocycles. The van der Waals surface area contributed by atoms with Crippen molar-refractivity contribution in [2.24, 2.45) is 0 Å². The maximum absolute atomic E-state index is 9.02. The fraction of sp³-hybridized carbons (Fsp3) is 0.556. The molecule has 0 radical (unpaired) electrons. The second-order valence-corrected chi connectivity index (χ2v) is 3.89. The Morgan fingerprint density at radius 2 is 2.46 bits per heavy atom. The summed E-state index contributed by atoms with van der Waals surface area (Å²) in [6.45, 7) is 3.13. The van der Waals surface area contributed by atoms with Gasteiger partial charge in [-0.2, -0.15) is 0 Å². The molecule has 0 spiro atoms. The largest absolute Gasteiger partial charge is 0.496 e. The molecule has 0 aliphatic heterocycles. The van der Waals surface area contributed by atoms with Gasteiger partial charge in [-0.05, 0) is 18.4 Å². The standard InChI is InChI=1S/C9H15NO2S/c1-7(11)5-10-6-9-8(12-2)3-4-13-9/h3-4,7,10-11H,5-6H2,1-2H3/t7-/m0/s1. The van der Waals surface area contributed by atoms with Crippen LogP contribution in [0.3, 0.4) is 0 Å². The Morgan fingerprint density at radius 1 is 1.69 bits per heavy atom. The monoisotopic (exact) mass is 201 g/mol. The van der Waals surface area contributed by atoms with Crippen LogP contribution in [0.2, 0.25) is 0 Å². The number of nitrogens with one attached hydrogen (secondary N) is 1. The highest BCUT2D eigenvalue weighted by atomic mass is 32.1. The minimum atomic E-state index is -0.300. The van der Waals surface area contributed by atoms with E-state index in [9.17, 15) is 0 Å². The van der Waals surface area contributed by atoms with Crippen molar-refractivity contribution in [3.05, 3.63) is 16.3 Å². The summed E-state index contributed by atoms with van der Waals surface area (Å²) in [5, 5.41) is 14.2. The molecule has 0 amide bonds. The number of rotatable bonds is 5. The predicted octanol–water partition coefficient (Wildman–Crippen LogP) is 1.23. The number of hydrogen-bond donors (Lipinski definition) is 2. The van der Waals surface area contributed by atoms with Crippen molar-refractivity contribution in [3.8, 4) is 5.75 Å². The molecule has 1 atom stereocenters. The Bertz CT molecular complexity index is 248. The van der Waals surface area contributed by atoms with E-state index in [1.165, 1.54) is 4.88 Å². The molecule has 1 rings (SSSR count). The van der Waals surface area contributed by atoms with E-state index in [-0.39, 0.29) is 6.10 Å². The zero-order valence-corrected chi connectivity index (χ0v) is 8.73. The molecule has 0 saturated heterocycles. The van der Waals surface area contributed by atoms with Crippen molar-refractivity contribution in [2.75, 3.05) is 13.7 Å². The van der Waals surface area contributed by atoms with Gasteiger partial charge < -0.3 is 15.2 Å². The molecule has 4 heteroatoms. The topological polar surface area (TPSA) is 41.5 Å². The van der Waals surface area contributed by atoms with Crippen LogP contribution in [0, 0.1) is 0 Å². The van der Waals surface area contributed by atoms with Gasteiger partial charge in [0.05, 0.1) is 18.1 Å². The third-order valence-corrected chi connectivity index (χ3v) is 2.55. The van der Waals surface area contributed by atoms with Crippen LogP contribution in [-0.2, 0) is 6.54 Å². The van der Waals surface area contributed by atoms with Gasteiger partial charge in [0.2, 0.25) is 0 Å². The quantitative estimate of drug-likeness (QED) is 0.753. The first-order valence-corrected chi connectivity index (χ1v) is 5.11. The molecular weight excluding hydrogens is 186 g/mol. The van der Waals surface area contributed by atoms with Crippen molar-refractivity contribution in [1.29, 1.82) is 0 Å². The second kappa shape index (κ2) is 5.21. The van der Waals surface area contributed by atoms with Crippen LogP contribution >= 0.6 is 11.3 Å². The Labute approximate surface area is 82.4 Å². The normalized spacial score (nSPS) is 12.8. The number of hydrogen-bond acceptors (Lipinski definition) is 4. The first-order chi connectivity index (χ1) is 6.24. The lowest BCUT2D eigenvalue weighted by atomic mass is 10.4. The van der Waals surface area contributed by atoms with Crippen LogP contribution in [0.5, 0.6) is 5.75 Å². The lowest BCUT2D eigenvalue weighted by Gasteiger charge is -2.06. The van der Waals surface area contributed by atoms with Gasteiger partial charge in [-0.3, -0.25) is 0 Å². The first-order valence-electron chi connectivity index (χ1n) is 4.23. The molecule has 0 unspecified atom stereocenters. The molecule has 0 bridgehead atoms. The molecule has 2 N–H and O–H groups in total. The predicted molar refractivity (Wildman–Crippen MR) is 54.3 cm³/mol. The Kier molecular flexibility index (Phi) is 4.21. The van der Waals surface area contributed by atoms with E-state index in [1.54, 1.807) is 25.4 Å². The molecule has 74 valence electrons. The summed E-state index contributed by atoms with van der Waals surface area (Å²) < 4.78 is 5.15. The summed E-state index contributed by atoms with van der Waals surface area (Å²) in [5.41, 5.74) is 0. The fourth-order valence-electron chi connectivity index (χ4n) is 1.03. The second-order valence-electron chi connectivity index (χ2n) is 2.89. The number of aliphatic hydroxyl groups is 1. The summed E-state index contributed by atoms with van der Waals surface area (Å²) in [4.78, 5) is 1.17. The highest BCUT2D eigenvalue weighted by Crippen LogP contribution is 2.23. The summed E-state index contributed by atoms with van der Waals surface area (Å²) in [7, 11) is 1.67. The van der Waals surface area contributed by atoms with Crippen LogP contribution in [0.25, 0.3) is 0 Å². The lowest BCUT2D eigenvalue weighted by molar-refractivity contribution is 0.191. The van der Waals surface area contributed by atoms with Gasteiger partial charge in [0.15, 0.2) is 0 Å². The molecular formula is C9H15NO2S. The highest BCUT2D eigenvalue weighted by Gasteiger charge is 2.03. The van der Waals surface area contributed by atoms with Gasteiger partial charge in [-0.25, -0.2) is 0 Å². The Hall–Kier alpha value is -0.580. The van der Waals surface area contributed by atoms with E-state index in [4.69, 9.17) is 9.84 Å². The van der Waals surface area contributed by atoms with E-state index in [0.29, 0.717) is 6.54 Å². The summed E-state index contributed by atoms with van der Waals surface area (Å²) in [6, 6.07) is 1.95. The number of methoxy groups -OCH3 is 1. The molecule has 0 saturated carbocycles. The van der Waals surface area contributed by atoms with Gasteiger partial charge in [-0.15, -0.1) is 11.3 Å². The van der Waals surface area contributed by atoms with Crippen molar-refractivity contribution in [1.82, 2.24) is 5.32 Å². The van der Waals surface area contributed by atoms with Gasteiger partial charge in [0.1, 0.15) is 5.75 Å². The zero-order valence-electron chi connectivity index (χ0n) is 7.91. The van der Waals surface area contributed by atoms with Crippen molar-refractivity contribution >= 4 is 11.3 Å². The van der Waals surface area contributed by atoms with E-state index < -0.39 is 0 Å². The number of thiophene rings is 1. The molecule has 0 aliphatic carbocycles. The Balaban J connectivity index is 2.36. The van der Waals surface area contributed by atoms with Gasteiger partial charge >= 0.3 is 0 Å². The number of aliphatic hydroxyl groups excluding tert-OH is 1.